The number of aliphatic hydroxyl groups is 1. The van der Waals surface area contributed by atoms with Crippen molar-refractivity contribution >= 4 is 33.4 Å². The fraction of sp³-hybridized carbons (Fsp3) is 0.500. The normalized spacial score (nSPS) is 23.2. The third-order valence-electron chi connectivity index (χ3n) is 3.68. The molecule has 1 N–H and O–H groups in total. The number of benzene rings is 1. The lowest BCUT2D eigenvalue weighted by atomic mass is 9.91. The molecule has 0 aliphatic heterocycles. The SMILES string of the molecule is CN(C(=O)c1ccc(Br)c(Cl)c1)C1CCCCC1O. The Morgan fingerprint density at radius 3 is 2.74 bits per heavy atom. The van der Waals surface area contributed by atoms with Crippen LogP contribution in [0.25, 0.3) is 0 Å². The number of hydrogen-bond acceptors (Lipinski definition) is 2. The van der Waals surface area contributed by atoms with E-state index in [9.17, 15) is 9.90 Å². The van der Waals surface area contributed by atoms with Crippen molar-refractivity contribution in [1.82, 2.24) is 4.90 Å². The van der Waals surface area contributed by atoms with Crippen molar-refractivity contribution in [3.8, 4) is 0 Å². The van der Waals surface area contributed by atoms with Gasteiger partial charge in [0.15, 0.2) is 0 Å². The van der Waals surface area contributed by atoms with E-state index in [1.165, 1.54) is 0 Å². The number of amides is 1. The third-order valence-corrected chi connectivity index (χ3v) is 4.91. The van der Waals surface area contributed by atoms with Gasteiger partial charge >= 0.3 is 0 Å². The summed E-state index contributed by atoms with van der Waals surface area (Å²) in [6, 6.07) is 5.06. The van der Waals surface area contributed by atoms with Gasteiger partial charge < -0.3 is 10.0 Å². The maximum Gasteiger partial charge on any atom is 0.253 e. The van der Waals surface area contributed by atoms with Crippen LogP contribution in [-0.4, -0.2) is 35.1 Å². The summed E-state index contributed by atoms with van der Waals surface area (Å²) >= 11 is 9.31. The Morgan fingerprint density at radius 2 is 2.11 bits per heavy atom. The van der Waals surface area contributed by atoms with E-state index in [0.717, 1.165) is 30.2 Å². The molecule has 0 heterocycles. The molecule has 0 radical (unpaired) electrons. The predicted octanol–water partition coefficient (Wildman–Crippen LogP) is 3.48. The molecule has 5 heteroatoms. The maximum atomic E-state index is 12.4. The van der Waals surface area contributed by atoms with E-state index in [2.05, 4.69) is 15.9 Å². The van der Waals surface area contributed by atoms with E-state index in [0.29, 0.717) is 10.6 Å². The summed E-state index contributed by atoms with van der Waals surface area (Å²) in [4.78, 5) is 14.0. The van der Waals surface area contributed by atoms with E-state index in [1.54, 1.807) is 30.1 Å². The summed E-state index contributed by atoms with van der Waals surface area (Å²) in [7, 11) is 1.75. The van der Waals surface area contributed by atoms with Gasteiger partial charge in [0.25, 0.3) is 5.91 Å². The first kappa shape index (κ1) is 14.8. The highest BCUT2D eigenvalue weighted by molar-refractivity contribution is 9.10. The molecule has 2 atom stereocenters. The Kier molecular flexibility index (Phi) is 4.87. The van der Waals surface area contributed by atoms with Crippen LogP contribution in [0.1, 0.15) is 36.0 Å². The molecule has 1 aliphatic carbocycles. The average Bonchev–Trinajstić information content (AvgIpc) is 2.41. The third kappa shape index (κ3) is 3.30. The fourth-order valence-electron chi connectivity index (χ4n) is 2.53. The smallest absolute Gasteiger partial charge is 0.253 e. The molecule has 0 bridgehead atoms. The van der Waals surface area contributed by atoms with Crippen LogP contribution in [0.5, 0.6) is 0 Å². The van der Waals surface area contributed by atoms with Gasteiger partial charge in [-0.3, -0.25) is 4.79 Å². The molecule has 3 nitrogen and oxygen atoms in total. The molecule has 2 unspecified atom stereocenters. The molecule has 1 aromatic rings. The van der Waals surface area contributed by atoms with Crippen molar-refractivity contribution < 1.29 is 9.90 Å². The van der Waals surface area contributed by atoms with Crippen molar-refractivity contribution in [2.24, 2.45) is 0 Å². The zero-order valence-electron chi connectivity index (χ0n) is 10.8. The highest BCUT2D eigenvalue weighted by Crippen LogP contribution is 2.26. The zero-order valence-corrected chi connectivity index (χ0v) is 13.1. The first-order valence-electron chi connectivity index (χ1n) is 6.41. The number of carbonyl (C=O) groups excluding carboxylic acids is 1. The lowest BCUT2D eigenvalue weighted by Gasteiger charge is -2.35. The molecule has 1 amide bonds. The second kappa shape index (κ2) is 6.25. The summed E-state index contributed by atoms with van der Waals surface area (Å²) in [6.45, 7) is 0. The van der Waals surface area contributed by atoms with Gasteiger partial charge in [-0.05, 0) is 47.0 Å². The number of carbonyl (C=O) groups is 1. The van der Waals surface area contributed by atoms with Crippen LogP contribution in [0.15, 0.2) is 22.7 Å². The van der Waals surface area contributed by atoms with E-state index >= 15 is 0 Å². The molecular weight excluding hydrogens is 330 g/mol. The molecule has 1 fully saturated rings. The van der Waals surface area contributed by atoms with Crippen LogP contribution in [-0.2, 0) is 0 Å². The van der Waals surface area contributed by atoms with Gasteiger partial charge in [-0.1, -0.05) is 24.4 Å². The number of nitrogens with zero attached hydrogens (tertiary/aromatic N) is 1. The predicted molar refractivity (Wildman–Crippen MR) is 79.5 cm³/mol. The molecule has 2 rings (SSSR count). The largest absolute Gasteiger partial charge is 0.391 e. The Morgan fingerprint density at radius 1 is 1.42 bits per heavy atom. The molecule has 19 heavy (non-hydrogen) atoms. The summed E-state index contributed by atoms with van der Waals surface area (Å²) < 4.78 is 0.770. The van der Waals surface area contributed by atoms with Crippen molar-refractivity contribution in [3.63, 3.8) is 0 Å². The molecule has 104 valence electrons. The quantitative estimate of drug-likeness (QED) is 0.890. The summed E-state index contributed by atoms with van der Waals surface area (Å²) in [5.74, 6) is -0.0969. The number of likely N-dealkylation sites (N-methyl/N-ethyl adjacent to an activating group) is 1. The van der Waals surface area contributed by atoms with Gasteiger partial charge in [0.05, 0.1) is 17.2 Å². The van der Waals surface area contributed by atoms with E-state index in [-0.39, 0.29) is 11.9 Å². The average molecular weight is 347 g/mol. The molecule has 1 aliphatic rings. The molecule has 0 spiro atoms. The fourth-order valence-corrected chi connectivity index (χ4v) is 2.95. The van der Waals surface area contributed by atoms with Crippen molar-refractivity contribution in [1.29, 1.82) is 0 Å². The van der Waals surface area contributed by atoms with Gasteiger partial charge in [-0.15, -0.1) is 0 Å². The van der Waals surface area contributed by atoms with Gasteiger partial charge in [-0.25, -0.2) is 0 Å². The maximum absolute atomic E-state index is 12.4. The number of rotatable bonds is 2. The summed E-state index contributed by atoms with van der Waals surface area (Å²) in [6.07, 6.45) is 3.29. The topological polar surface area (TPSA) is 40.5 Å². The molecule has 0 saturated heterocycles. The van der Waals surface area contributed by atoms with Gasteiger partial charge in [0, 0.05) is 17.1 Å². The second-order valence-corrected chi connectivity index (χ2v) is 6.23. The second-order valence-electron chi connectivity index (χ2n) is 4.96. The Hall–Kier alpha value is -0.580. The van der Waals surface area contributed by atoms with E-state index < -0.39 is 6.10 Å². The van der Waals surface area contributed by atoms with Crippen LogP contribution in [0.2, 0.25) is 5.02 Å². The monoisotopic (exact) mass is 345 g/mol. The Balaban J connectivity index is 2.15. The van der Waals surface area contributed by atoms with E-state index in [1.807, 2.05) is 0 Å². The Labute approximate surface area is 126 Å². The van der Waals surface area contributed by atoms with E-state index in [4.69, 9.17) is 11.6 Å². The van der Waals surface area contributed by atoms with Crippen LogP contribution in [0.4, 0.5) is 0 Å². The minimum atomic E-state index is -0.423. The highest BCUT2D eigenvalue weighted by Gasteiger charge is 2.29. The molecule has 1 aromatic carbocycles. The minimum Gasteiger partial charge on any atom is -0.391 e. The molecule has 1 saturated carbocycles. The van der Waals surface area contributed by atoms with Crippen molar-refractivity contribution in [2.45, 2.75) is 37.8 Å². The highest BCUT2D eigenvalue weighted by atomic mass is 79.9. The van der Waals surface area contributed by atoms with Crippen LogP contribution < -0.4 is 0 Å². The minimum absolute atomic E-state index is 0.0938. The first-order chi connectivity index (χ1) is 9.00. The number of halogens is 2. The zero-order chi connectivity index (χ0) is 14.0. The van der Waals surface area contributed by atoms with Gasteiger partial charge in [0.2, 0.25) is 0 Å². The standard InChI is InChI=1S/C14H17BrClNO2/c1-17(12-4-2-3-5-13(12)18)14(19)9-6-7-10(15)11(16)8-9/h6-8,12-13,18H,2-5H2,1H3. The summed E-state index contributed by atoms with van der Waals surface area (Å²) in [5.41, 5.74) is 0.550. The lowest BCUT2D eigenvalue weighted by molar-refractivity contribution is 0.0268. The van der Waals surface area contributed by atoms with Crippen LogP contribution in [0.3, 0.4) is 0 Å². The number of hydrogen-bond donors (Lipinski definition) is 1. The van der Waals surface area contributed by atoms with Crippen molar-refractivity contribution in [3.05, 3.63) is 33.3 Å². The van der Waals surface area contributed by atoms with Gasteiger partial charge in [0.1, 0.15) is 0 Å². The first-order valence-corrected chi connectivity index (χ1v) is 7.58. The van der Waals surface area contributed by atoms with Crippen molar-refractivity contribution in [2.75, 3.05) is 7.05 Å². The van der Waals surface area contributed by atoms with Crippen LogP contribution in [0, 0.1) is 0 Å². The molecular formula is C14H17BrClNO2. The summed E-state index contributed by atoms with van der Waals surface area (Å²) in [5, 5.41) is 10.5. The lowest BCUT2D eigenvalue weighted by Crippen LogP contribution is -2.46. The molecule has 0 aromatic heterocycles. The number of aliphatic hydroxyl groups excluding tert-OH is 1. The van der Waals surface area contributed by atoms with Crippen LogP contribution >= 0.6 is 27.5 Å². The Bertz CT molecular complexity index is 481. The van der Waals surface area contributed by atoms with Gasteiger partial charge in [-0.2, -0.15) is 0 Å².